The van der Waals surface area contributed by atoms with Crippen molar-refractivity contribution in [1.29, 1.82) is 0 Å². The fraction of sp³-hybridized carbons (Fsp3) is 0.571. The van der Waals surface area contributed by atoms with E-state index in [9.17, 15) is 9.90 Å². The summed E-state index contributed by atoms with van der Waals surface area (Å²) < 4.78 is 27.3. The van der Waals surface area contributed by atoms with Crippen molar-refractivity contribution in [3.05, 3.63) is 53.1 Å². The van der Waals surface area contributed by atoms with E-state index in [-0.39, 0.29) is 17.6 Å². The van der Waals surface area contributed by atoms with E-state index in [2.05, 4.69) is 27.4 Å². The van der Waals surface area contributed by atoms with Crippen LogP contribution >= 0.6 is 0 Å². The van der Waals surface area contributed by atoms with Crippen molar-refractivity contribution in [2.75, 3.05) is 20.8 Å². The average molecular weight is 686 g/mol. The Hall–Kier alpha value is -2.35. The number of carbonyl (C=O) groups is 1. The van der Waals surface area contributed by atoms with Crippen molar-refractivity contribution in [3.63, 3.8) is 0 Å². The molecule has 0 aliphatic carbocycles. The zero-order valence-corrected chi connectivity index (χ0v) is 29.5. The number of methoxy groups -OCH3 is 2. The number of phenols is 1. The molecule has 1 N–H and O–H groups in total. The first-order valence-corrected chi connectivity index (χ1v) is 21.8. The number of hydrogen-bond donors (Lipinski definition) is 1. The molecule has 0 bridgehead atoms. The van der Waals surface area contributed by atoms with Crippen LogP contribution in [0, 0.1) is 0 Å². The van der Waals surface area contributed by atoms with Gasteiger partial charge in [-0.25, -0.2) is 0 Å². The summed E-state index contributed by atoms with van der Waals surface area (Å²) >= 11 is -0.839. The normalized spacial score (nSPS) is 16.8. The molecule has 4 rings (SSSR count). The van der Waals surface area contributed by atoms with Gasteiger partial charge < -0.3 is 24.1 Å². The van der Waals surface area contributed by atoms with Crippen molar-refractivity contribution in [1.82, 2.24) is 0 Å². The third kappa shape index (κ3) is 8.61. The number of benzene rings is 2. The third-order valence-corrected chi connectivity index (χ3v) is 17.3. The SMILES string of the molecule is C=C(C)C1Cc2c(ccc(C(=O)C3CCOc4cc(OC)c(OC)cc43)c2O)O1.CCC[CH2][Sn]([CH2]CCC)[CH2]CCC. The molecule has 0 aromatic heterocycles. The molecule has 0 fully saturated rings. The average Bonchev–Trinajstić information content (AvgIpc) is 3.46. The van der Waals surface area contributed by atoms with E-state index in [0.29, 0.717) is 53.6 Å². The fourth-order valence-electron chi connectivity index (χ4n) is 5.61. The maximum atomic E-state index is 13.4. The predicted molar refractivity (Wildman–Crippen MR) is 173 cm³/mol. The summed E-state index contributed by atoms with van der Waals surface area (Å²) in [7, 11) is 3.10. The Kier molecular flexibility index (Phi) is 13.9. The molecule has 6 nitrogen and oxygen atoms in total. The first kappa shape index (κ1) is 34.1. The Morgan fingerprint density at radius 1 is 0.976 bits per heavy atom. The van der Waals surface area contributed by atoms with Crippen LogP contribution in [0.25, 0.3) is 0 Å². The van der Waals surface area contributed by atoms with E-state index in [1.165, 1.54) is 38.5 Å². The minimum atomic E-state index is -0.839. The van der Waals surface area contributed by atoms with E-state index in [4.69, 9.17) is 18.9 Å². The summed E-state index contributed by atoms with van der Waals surface area (Å²) in [6.45, 7) is 13.2. The van der Waals surface area contributed by atoms with Crippen LogP contribution in [-0.4, -0.2) is 57.6 Å². The molecule has 2 aromatic rings. The molecule has 0 saturated heterocycles. The van der Waals surface area contributed by atoms with Crippen molar-refractivity contribution in [2.24, 2.45) is 0 Å². The Morgan fingerprint density at radius 3 is 2.12 bits per heavy atom. The molecule has 42 heavy (non-hydrogen) atoms. The monoisotopic (exact) mass is 687 g/mol. The number of phenolic OH excluding ortho intramolecular Hbond substituents is 1. The topological polar surface area (TPSA) is 74.2 Å². The van der Waals surface area contributed by atoms with Crippen LogP contribution in [0.3, 0.4) is 0 Å². The number of fused-ring (bicyclic) bond motifs is 2. The van der Waals surface area contributed by atoms with Gasteiger partial charge in [-0.3, -0.25) is 4.79 Å². The van der Waals surface area contributed by atoms with Gasteiger partial charge in [-0.2, -0.15) is 0 Å². The molecule has 7 heteroatoms. The van der Waals surface area contributed by atoms with Gasteiger partial charge >= 0.3 is 92.4 Å². The summed E-state index contributed by atoms with van der Waals surface area (Å²) in [5.41, 5.74) is 2.56. The Morgan fingerprint density at radius 2 is 1.57 bits per heavy atom. The fourth-order valence-corrected chi connectivity index (χ4v) is 15.1. The van der Waals surface area contributed by atoms with Gasteiger partial charge in [-0.1, -0.05) is 6.58 Å². The van der Waals surface area contributed by atoms with Gasteiger partial charge in [0.15, 0.2) is 17.3 Å². The second-order valence-corrected chi connectivity index (χ2v) is 20.0. The molecule has 2 unspecified atom stereocenters. The number of hydrogen-bond acceptors (Lipinski definition) is 6. The number of Topliss-reactive ketones (excluding diaryl/α,β-unsaturated/α-hetero) is 1. The number of unbranched alkanes of at least 4 members (excludes halogenated alkanes) is 3. The summed E-state index contributed by atoms with van der Waals surface area (Å²) in [4.78, 5) is 13.4. The molecular weight excluding hydrogens is 635 g/mol. The first-order chi connectivity index (χ1) is 20.3. The Bertz CT molecular complexity index is 1170. The van der Waals surface area contributed by atoms with Crippen LogP contribution < -0.4 is 18.9 Å². The number of rotatable bonds is 14. The van der Waals surface area contributed by atoms with Crippen molar-refractivity contribution >= 4 is 25.5 Å². The third-order valence-electron chi connectivity index (χ3n) is 8.24. The summed E-state index contributed by atoms with van der Waals surface area (Å²) in [6, 6.07) is 6.90. The van der Waals surface area contributed by atoms with Gasteiger partial charge in [0.25, 0.3) is 0 Å². The number of carbonyl (C=O) groups excluding carboxylic acids is 1. The Balaban J connectivity index is 0.000000316. The van der Waals surface area contributed by atoms with E-state index in [1.807, 2.05) is 6.92 Å². The van der Waals surface area contributed by atoms with Crippen LogP contribution in [-0.2, 0) is 6.42 Å². The zero-order valence-electron chi connectivity index (χ0n) is 26.6. The van der Waals surface area contributed by atoms with Gasteiger partial charge in [0.05, 0.1) is 32.3 Å². The molecular formula is C35H51O6Sn. The molecule has 2 aliphatic heterocycles. The molecule has 0 saturated carbocycles. The van der Waals surface area contributed by atoms with Gasteiger partial charge in [0.1, 0.15) is 23.4 Å². The van der Waals surface area contributed by atoms with Gasteiger partial charge in [-0.05, 0) is 37.1 Å². The van der Waals surface area contributed by atoms with Crippen LogP contribution in [0.2, 0.25) is 13.3 Å². The van der Waals surface area contributed by atoms with Crippen LogP contribution in [0.15, 0.2) is 36.4 Å². The van der Waals surface area contributed by atoms with Crippen LogP contribution in [0.1, 0.15) is 100 Å². The zero-order chi connectivity index (χ0) is 30.6. The van der Waals surface area contributed by atoms with Gasteiger partial charge in [0.2, 0.25) is 0 Å². The predicted octanol–water partition coefficient (Wildman–Crippen LogP) is 8.92. The van der Waals surface area contributed by atoms with E-state index in [0.717, 1.165) is 11.1 Å². The maximum absolute atomic E-state index is 13.4. The van der Waals surface area contributed by atoms with Crippen LogP contribution in [0.5, 0.6) is 28.7 Å². The molecule has 0 spiro atoms. The Labute approximate surface area is 260 Å². The van der Waals surface area contributed by atoms with Gasteiger partial charge in [0, 0.05) is 23.6 Å². The number of ketones is 1. The molecule has 2 aliphatic rings. The molecule has 2 aromatic carbocycles. The number of ether oxygens (including phenoxy) is 4. The second-order valence-electron chi connectivity index (χ2n) is 11.5. The van der Waals surface area contributed by atoms with Crippen molar-refractivity contribution in [3.8, 4) is 28.7 Å². The van der Waals surface area contributed by atoms with E-state index < -0.39 is 25.7 Å². The molecule has 2 atom stereocenters. The minimum absolute atomic E-state index is 0.00947. The van der Waals surface area contributed by atoms with Crippen molar-refractivity contribution in [2.45, 2.75) is 104 Å². The molecule has 231 valence electrons. The molecule has 1 radical (unpaired) electrons. The quantitative estimate of drug-likeness (QED) is 0.122. The van der Waals surface area contributed by atoms with E-state index in [1.54, 1.807) is 51.8 Å². The van der Waals surface area contributed by atoms with Crippen molar-refractivity contribution < 1.29 is 28.8 Å². The van der Waals surface area contributed by atoms with Crippen LogP contribution in [0.4, 0.5) is 0 Å². The number of aromatic hydroxyl groups is 1. The second kappa shape index (κ2) is 17.1. The summed E-state index contributed by atoms with van der Waals surface area (Å²) in [5, 5.41) is 10.8. The standard InChI is InChI=1S/C23H24O6.3C4H9.Sn/c1-12(2)18-10-16-17(29-18)6-5-14(23(16)25)22(24)13-7-8-28-19-11-21(27-4)20(26-3)9-15(13)19;3*1-3-4-2;/h5-6,9,11,13,18,25H,1,7-8,10H2,2-4H3;3*1,3-4H2,2H3;. The van der Waals surface area contributed by atoms with Gasteiger partial charge in [-0.15, -0.1) is 0 Å². The van der Waals surface area contributed by atoms with E-state index >= 15 is 0 Å². The first-order valence-electron chi connectivity index (χ1n) is 15.7. The molecule has 2 heterocycles. The summed E-state index contributed by atoms with van der Waals surface area (Å²) in [5.74, 6) is 1.67. The summed E-state index contributed by atoms with van der Waals surface area (Å²) in [6.07, 6.45) is 9.69. The molecule has 0 amide bonds.